The Morgan fingerprint density at radius 3 is 1.71 bits per heavy atom. The molecule has 0 aromatic rings. The maximum Gasteiger partial charge on any atom is -0.00979 e. The first-order valence-electron chi connectivity index (χ1n) is 2.02. The van der Waals surface area contributed by atoms with E-state index < -0.39 is 0 Å². The molecule has 0 aliphatic heterocycles. The number of unbranched alkanes of at least 4 members (excludes halogenated alkanes) is 1. The fourth-order valence-corrected chi connectivity index (χ4v) is 0.335. The van der Waals surface area contributed by atoms with E-state index in [-0.39, 0.29) is 0 Å². The molecule has 0 saturated heterocycles. The predicted molar refractivity (Wildman–Crippen MR) is 46.4 cm³/mol. The van der Waals surface area contributed by atoms with Crippen LogP contribution in [0.25, 0.3) is 0 Å². The summed E-state index contributed by atoms with van der Waals surface area (Å²) < 4.78 is 0. The molecule has 3 heteroatoms. The van der Waals surface area contributed by atoms with Crippen LogP contribution in [-0.4, -0.2) is 5.75 Å². The molecule has 0 amide bonds. The Morgan fingerprint density at radius 1 is 1.29 bits per heavy atom. The molecule has 0 aliphatic rings. The van der Waals surface area contributed by atoms with Crippen molar-refractivity contribution >= 4 is 36.0 Å². The maximum atomic E-state index is 3.96. The van der Waals surface area contributed by atoms with Crippen LogP contribution >= 0.6 is 36.0 Å². The maximum absolute atomic E-state index is 3.96. The van der Waals surface area contributed by atoms with Crippen LogP contribution in [0.5, 0.6) is 0 Å². The van der Waals surface area contributed by atoms with Crippen molar-refractivity contribution in [2.45, 2.75) is 12.8 Å². The molecule has 0 aromatic heterocycles. The van der Waals surface area contributed by atoms with E-state index in [0.29, 0.717) is 0 Å². The van der Waals surface area contributed by atoms with Gasteiger partial charge in [-0.15, -0.1) is 23.3 Å². The lowest BCUT2D eigenvalue weighted by Gasteiger charge is -1.78. The minimum Gasteiger partial charge on any atom is -0.179 e. The lowest BCUT2D eigenvalue weighted by atomic mass is 10.4. The van der Waals surface area contributed by atoms with E-state index in [4.69, 9.17) is 0 Å². The van der Waals surface area contributed by atoms with Crippen LogP contribution in [0, 0.1) is 6.92 Å². The molecule has 0 nitrogen and oxygen atoms in total. The zero-order chi connectivity index (χ0) is 6.12. The predicted octanol–water partition coefficient (Wildman–Crippen LogP) is 2.29. The second-order valence-electron chi connectivity index (χ2n) is 0.931. The highest BCUT2D eigenvalue weighted by atomic mass is 33.1. The Kier molecular flexibility index (Phi) is 24.6. The monoisotopic (exact) mass is 155 g/mol. The third-order valence-corrected chi connectivity index (χ3v) is 0.724. The summed E-state index contributed by atoms with van der Waals surface area (Å²) in [6.07, 6.45) is 2.16. The summed E-state index contributed by atoms with van der Waals surface area (Å²) in [6.45, 7) is 3.63. The smallest absolute Gasteiger partial charge is 0.00979 e. The van der Waals surface area contributed by atoms with E-state index >= 15 is 0 Å². The molecular formula is C4H11S3. The standard InChI is InChI=1S/C4H9S.H2S2/c1-2-3-4-5;1-2/h5H,1-4H2;1-2H. The summed E-state index contributed by atoms with van der Waals surface area (Å²) in [4.78, 5) is 0. The molecule has 0 aliphatic carbocycles. The first-order chi connectivity index (χ1) is 3.41. The number of thiol groups is 3. The minimum absolute atomic E-state index is 0.976. The molecule has 0 atom stereocenters. The van der Waals surface area contributed by atoms with Crippen molar-refractivity contribution in [2.24, 2.45) is 0 Å². The molecule has 0 saturated carbocycles. The van der Waals surface area contributed by atoms with Crippen molar-refractivity contribution in [3.63, 3.8) is 0 Å². The van der Waals surface area contributed by atoms with Crippen LogP contribution in [-0.2, 0) is 0 Å². The zero-order valence-corrected chi connectivity index (χ0v) is 6.85. The Balaban J connectivity index is 0. The van der Waals surface area contributed by atoms with Gasteiger partial charge in [-0.1, -0.05) is 13.3 Å². The van der Waals surface area contributed by atoms with Gasteiger partial charge in [0.2, 0.25) is 0 Å². The molecular weight excluding hydrogens is 144 g/mol. The van der Waals surface area contributed by atoms with Crippen molar-refractivity contribution in [3.8, 4) is 0 Å². The van der Waals surface area contributed by atoms with Crippen LogP contribution in [0.2, 0.25) is 0 Å². The Bertz CT molecular complexity index is 14.4. The summed E-state index contributed by atoms with van der Waals surface area (Å²) in [5, 5.41) is 0. The normalized spacial score (nSPS) is 6.86. The molecule has 0 bridgehead atoms. The summed E-state index contributed by atoms with van der Waals surface area (Å²) in [7, 11) is 0. The molecule has 0 unspecified atom stereocenters. The van der Waals surface area contributed by atoms with E-state index in [9.17, 15) is 0 Å². The van der Waals surface area contributed by atoms with Crippen molar-refractivity contribution < 1.29 is 0 Å². The fraction of sp³-hybridized carbons (Fsp3) is 0.750. The van der Waals surface area contributed by atoms with E-state index in [2.05, 4.69) is 42.9 Å². The van der Waals surface area contributed by atoms with E-state index in [1.165, 1.54) is 0 Å². The summed E-state index contributed by atoms with van der Waals surface area (Å²) >= 11 is 10.4. The van der Waals surface area contributed by atoms with Gasteiger partial charge < -0.3 is 0 Å². The quantitative estimate of drug-likeness (QED) is 0.395. The Labute approximate surface area is 61.7 Å². The van der Waals surface area contributed by atoms with E-state index in [0.717, 1.165) is 18.6 Å². The molecule has 0 aromatic carbocycles. The average Bonchev–Trinajstić information content (AvgIpc) is 1.75. The van der Waals surface area contributed by atoms with Crippen molar-refractivity contribution in [1.82, 2.24) is 0 Å². The largest absolute Gasteiger partial charge is 0.179 e. The number of hydrogen-bond acceptors (Lipinski definition) is 3. The molecule has 0 spiro atoms. The molecule has 1 radical (unpaired) electrons. The van der Waals surface area contributed by atoms with Crippen molar-refractivity contribution in [2.75, 3.05) is 5.75 Å². The first-order valence-corrected chi connectivity index (χ1v) is 4.25. The van der Waals surface area contributed by atoms with Gasteiger partial charge in [0.15, 0.2) is 0 Å². The van der Waals surface area contributed by atoms with Gasteiger partial charge in [0.05, 0.1) is 0 Å². The second kappa shape index (κ2) is 15.7. The van der Waals surface area contributed by atoms with Gasteiger partial charge >= 0.3 is 0 Å². The number of rotatable bonds is 2. The minimum atomic E-state index is 0.976. The van der Waals surface area contributed by atoms with Crippen LogP contribution in [0.4, 0.5) is 0 Å². The van der Waals surface area contributed by atoms with Gasteiger partial charge in [-0.2, -0.15) is 12.6 Å². The Morgan fingerprint density at radius 2 is 1.71 bits per heavy atom. The van der Waals surface area contributed by atoms with Crippen molar-refractivity contribution in [1.29, 1.82) is 0 Å². The van der Waals surface area contributed by atoms with Gasteiger partial charge in [-0.25, -0.2) is 0 Å². The van der Waals surface area contributed by atoms with E-state index in [1.807, 2.05) is 0 Å². The van der Waals surface area contributed by atoms with Gasteiger partial charge in [0, 0.05) is 0 Å². The molecule has 0 N–H and O–H groups in total. The molecule has 0 fully saturated rings. The SMILES string of the molecule is SS.[CH2]CCCS. The zero-order valence-electron chi connectivity index (χ0n) is 4.17. The Hall–Kier alpha value is 1.05. The molecule has 0 rings (SSSR count). The highest BCUT2D eigenvalue weighted by Gasteiger charge is 1.68. The highest BCUT2D eigenvalue weighted by Crippen LogP contribution is 1.85. The first kappa shape index (κ1) is 10.9. The fourth-order valence-electron chi connectivity index (χ4n) is 0.112. The molecule has 0 heterocycles. The third-order valence-electron chi connectivity index (χ3n) is 0.408. The number of hydrogen-bond donors (Lipinski definition) is 3. The third kappa shape index (κ3) is 19.3. The van der Waals surface area contributed by atoms with Gasteiger partial charge in [-0.05, 0) is 12.2 Å². The van der Waals surface area contributed by atoms with Gasteiger partial charge in [0.1, 0.15) is 0 Å². The highest BCUT2D eigenvalue weighted by molar-refractivity contribution is 8.59. The average molecular weight is 155 g/mol. The van der Waals surface area contributed by atoms with Gasteiger partial charge in [0.25, 0.3) is 0 Å². The second-order valence-corrected chi connectivity index (χ2v) is 1.38. The summed E-state index contributed by atoms with van der Waals surface area (Å²) in [6, 6.07) is 0. The van der Waals surface area contributed by atoms with Crippen LogP contribution in [0.3, 0.4) is 0 Å². The molecule has 45 valence electrons. The molecule has 7 heavy (non-hydrogen) atoms. The van der Waals surface area contributed by atoms with E-state index in [1.54, 1.807) is 0 Å². The lowest BCUT2D eigenvalue weighted by Crippen LogP contribution is -1.65. The summed E-state index contributed by atoms with van der Waals surface area (Å²) in [5.41, 5.74) is 0. The van der Waals surface area contributed by atoms with Crippen LogP contribution < -0.4 is 0 Å². The van der Waals surface area contributed by atoms with Crippen LogP contribution in [0.15, 0.2) is 0 Å². The lowest BCUT2D eigenvalue weighted by molar-refractivity contribution is 0.973. The van der Waals surface area contributed by atoms with Crippen molar-refractivity contribution in [3.05, 3.63) is 6.92 Å². The van der Waals surface area contributed by atoms with Gasteiger partial charge in [-0.3, -0.25) is 0 Å². The summed E-state index contributed by atoms with van der Waals surface area (Å²) in [5.74, 6) is 0.976. The topological polar surface area (TPSA) is 0 Å². The van der Waals surface area contributed by atoms with Crippen LogP contribution in [0.1, 0.15) is 12.8 Å².